The van der Waals surface area contributed by atoms with Gasteiger partial charge in [0, 0.05) is 30.2 Å². The highest BCUT2D eigenvalue weighted by Gasteiger charge is 2.12. The summed E-state index contributed by atoms with van der Waals surface area (Å²) in [4.78, 5) is 14.6. The van der Waals surface area contributed by atoms with Crippen molar-refractivity contribution in [2.24, 2.45) is 0 Å². The molecule has 1 fully saturated rings. The topological polar surface area (TPSA) is 44.4 Å². The summed E-state index contributed by atoms with van der Waals surface area (Å²) in [5.74, 6) is 0.362. The number of para-hydroxylation sites is 1. The molecule has 24 heavy (non-hydrogen) atoms. The SMILES string of the molecule is CC(C)c1ccccc1NC(=O)Nc1ccc(N2CCCC2)cc1. The molecular weight excluding hydrogens is 298 g/mol. The van der Waals surface area contributed by atoms with Crippen molar-refractivity contribution in [3.8, 4) is 0 Å². The average Bonchev–Trinajstić information content (AvgIpc) is 3.10. The first-order chi connectivity index (χ1) is 11.6. The van der Waals surface area contributed by atoms with Gasteiger partial charge in [-0.25, -0.2) is 4.79 Å². The smallest absolute Gasteiger partial charge is 0.323 e. The van der Waals surface area contributed by atoms with Crippen LogP contribution in [0, 0.1) is 0 Å². The molecule has 0 spiro atoms. The molecule has 0 saturated carbocycles. The lowest BCUT2D eigenvalue weighted by Crippen LogP contribution is -2.21. The van der Waals surface area contributed by atoms with Crippen LogP contribution >= 0.6 is 0 Å². The molecule has 1 saturated heterocycles. The third kappa shape index (κ3) is 3.88. The van der Waals surface area contributed by atoms with E-state index < -0.39 is 0 Å². The number of rotatable bonds is 4. The van der Waals surface area contributed by atoms with Crippen molar-refractivity contribution in [2.75, 3.05) is 28.6 Å². The second kappa shape index (κ2) is 7.39. The lowest BCUT2D eigenvalue weighted by atomic mass is 10.0. The van der Waals surface area contributed by atoms with Gasteiger partial charge < -0.3 is 15.5 Å². The Hall–Kier alpha value is -2.49. The molecule has 1 aliphatic heterocycles. The van der Waals surface area contributed by atoms with Gasteiger partial charge in [-0.2, -0.15) is 0 Å². The summed E-state index contributed by atoms with van der Waals surface area (Å²) >= 11 is 0. The van der Waals surface area contributed by atoms with Gasteiger partial charge in [0.2, 0.25) is 0 Å². The summed E-state index contributed by atoms with van der Waals surface area (Å²) in [5, 5.41) is 5.86. The minimum Gasteiger partial charge on any atom is -0.372 e. The number of urea groups is 1. The molecule has 1 aliphatic rings. The molecule has 3 rings (SSSR count). The molecule has 126 valence electrons. The Labute approximate surface area is 143 Å². The van der Waals surface area contributed by atoms with Gasteiger partial charge in [0.25, 0.3) is 0 Å². The summed E-state index contributed by atoms with van der Waals surface area (Å²) < 4.78 is 0. The van der Waals surface area contributed by atoms with Gasteiger partial charge in [-0.15, -0.1) is 0 Å². The number of nitrogens with zero attached hydrogens (tertiary/aromatic N) is 1. The molecule has 0 bridgehead atoms. The minimum absolute atomic E-state index is 0.211. The van der Waals surface area contributed by atoms with E-state index in [4.69, 9.17) is 0 Å². The zero-order valence-corrected chi connectivity index (χ0v) is 14.4. The molecule has 1 heterocycles. The fourth-order valence-electron chi connectivity index (χ4n) is 3.13. The Morgan fingerprint density at radius 1 is 0.958 bits per heavy atom. The van der Waals surface area contributed by atoms with E-state index in [1.807, 2.05) is 36.4 Å². The Morgan fingerprint density at radius 2 is 1.62 bits per heavy atom. The van der Waals surface area contributed by atoms with Crippen LogP contribution in [0.15, 0.2) is 48.5 Å². The first kappa shape index (κ1) is 16.4. The van der Waals surface area contributed by atoms with Crippen molar-refractivity contribution >= 4 is 23.1 Å². The van der Waals surface area contributed by atoms with Gasteiger partial charge in [-0.3, -0.25) is 0 Å². The maximum Gasteiger partial charge on any atom is 0.323 e. The van der Waals surface area contributed by atoms with E-state index in [0.717, 1.165) is 30.0 Å². The summed E-state index contributed by atoms with van der Waals surface area (Å²) in [6.45, 7) is 6.49. The lowest BCUT2D eigenvalue weighted by molar-refractivity contribution is 0.262. The number of anilines is 3. The van der Waals surface area contributed by atoms with Crippen molar-refractivity contribution < 1.29 is 4.79 Å². The van der Waals surface area contributed by atoms with Crippen molar-refractivity contribution in [1.29, 1.82) is 0 Å². The third-order valence-corrected chi connectivity index (χ3v) is 4.43. The number of hydrogen-bond acceptors (Lipinski definition) is 2. The van der Waals surface area contributed by atoms with E-state index in [2.05, 4.69) is 41.5 Å². The zero-order valence-electron chi connectivity index (χ0n) is 14.4. The fraction of sp³-hybridized carbons (Fsp3) is 0.350. The lowest BCUT2D eigenvalue weighted by Gasteiger charge is -2.18. The fourth-order valence-corrected chi connectivity index (χ4v) is 3.13. The van der Waals surface area contributed by atoms with Crippen molar-refractivity contribution in [3.05, 3.63) is 54.1 Å². The van der Waals surface area contributed by atoms with E-state index in [9.17, 15) is 4.79 Å². The molecule has 2 N–H and O–H groups in total. The Bertz CT molecular complexity index is 688. The predicted molar refractivity (Wildman–Crippen MR) is 101 cm³/mol. The maximum atomic E-state index is 12.3. The maximum absolute atomic E-state index is 12.3. The monoisotopic (exact) mass is 323 g/mol. The van der Waals surface area contributed by atoms with Gasteiger partial charge in [0.05, 0.1) is 0 Å². The molecule has 4 heteroatoms. The Morgan fingerprint density at radius 3 is 2.29 bits per heavy atom. The molecule has 0 aliphatic carbocycles. The van der Waals surface area contributed by atoms with Gasteiger partial charge in [0.1, 0.15) is 0 Å². The molecule has 4 nitrogen and oxygen atoms in total. The van der Waals surface area contributed by atoms with E-state index in [-0.39, 0.29) is 6.03 Å². The van der Waals surface area contributed by atoms with Gasteiger partial charge in [0.15, 0.2) is 0 Å². The minimum atomic E-state index is -0.211. The number of benzene rings is 2. The largest absolute Gasteiger partial charge is 0.372 e. The zero-order chi connectivity index (χ0) is 16.9. The van der Waals surface area contributed by atoms with Crippen LogP contribution < -0.4 is 15.5 Å². The van der Waals surface area contributed by atoms with Crippen LogP contribution in [0.2, 0.25) is 0 Å². The first-order valence-corrected chi connectivity index (χ1v) is 8.65. The highest BCUT2D eigenvalue weighted by Crippen LogP contribution is 2.25. The van der Waals surface area contributed by atoms with Crippen LogP contribution in [-0.2, 0) is 0 Å². The van der Waals surface area contributed by atoms with Gasteiger partial charge >= 0.3 is 6.03 Å². The number of hydrogen-bond donors (Lipinski definition) is 2. The van der Waals surface area contributed by atoms with Gasteiger partial charge in [-0.1, -0.05) is 32.0 Å². The molecule has 2 aromatic carbocycles. The highest BCUT2D eigenvalue weighted by molar-refractivity contribution is 6.00. The Balaban J connectivity index is 1.63. The molecule has 0 radical (unpaired) electrons. The van der Waals surface area contributed by atoms with Crippen LogP contribution in [0.25, 0.3) is 0 Å². The van der Waals surface area contributed by atoms with Crippen molar-refractivity contribution in [3.63, 3.8) is 0 Å². The second-order valence-electron chi connectivity index (χ2n) is 6.56. The number of nitrogens with one attached hydrogen (secondary N) is 2. The van der Waals surface area contributed by atoms with E-state index in [1.165, 1.54) is 18.5 Å². The van der Waals surface area contributed by atoms with Crippen molar-refractivity contribution in [2.45, 2.75) is 32.6 Å². The first-order valence-electron chi connectivity index (χ1n) is 8.65. The molecule has 0 unspecified atom stereocenters. The number of amides is 2. The summed E-state index contributed by atoms with van der Waals surface area (Å²) in [6.07, 6.45) is 2.52. The van der Waals surface area contributed by atoms with Gasteiger partial charge in [-0.05, 0) is 54.7 Å². The normalized spacial score (nSPS) is 14.0. The van der Waals surface area contributed by atoms with E-state index in [0.29, 0.717) is 5.92 Å². The standard InChI is InChI=1S/C20H25N3O/c1-15(2)18-7-3-4-8-19(18)22-20(24)21-16-9-11-17(12-10-16)23-13-5-6-14-23/h3-4,7-12,15H,5-6,13-14H2,1-2H3,(H2,21,22,24). The molecule has 0 aromatic heterocycles. The van der Waals surface area contributed by atoms with Crippen molar-refractivity contribution in [1.82, 2.24) is 0 Å². The van der Waals surface area contributed by atoms with E-state index in [1.54, 1.807) is 0 Å². The summed E-state index contributed by atoms with van der Waals surface area (Å²) in [5.41, 5.74) is 4.02. The number of carbonyl (C=O) groups is 1. The predicted octanol–water partition coefficient (Wildman–Crippen LogP) is 5.05. The summed E-state index contributed by atoms with van der Waals surface area (Å²) in [6, 6.07) is 15.8. The van der Waals surface area contributed by atoms with Crippen LogP contribution in [0.1, 0.15) is 38.2 Å². The molecule has 0 atom stereocenters. The second-order valence-corrected chi connectivity index (χ2v) is 6.56. The van der Waals surface area contributed by atoms with Crippen LogP contribution in [0.3, 0.4) is 0 Å². The van der Waals surface area contributed by atoms with Crippen LogP contribution in [-0.4, -0.2) is 19.1 Å². The quantitative estimate of drug-likeness (QED) is 0.826. The highest BCUT2D eigenvalue weighted by atomic mass is 16.2. The average molecular weight is 323 g/mol. The summed E-state index contributed by atoms with van der Waals surface area (Å²) in [7, 11) is 0. The van der Waals surface area contributed by atoms with Crippen LogP contribution in [0.4, 0.5) is 21.9 Å². The Kier molecular flexibility index (Phi) is 5.04. The van der Waals surface area contributed by atoms with Crippen LogP contribution in [0.5, 0.6) is 0 Å². The molecular formula is C20H25N3O. The molecule has 2 amide bonds. The number of carbonyl (C=O) groups excluding carboxylic acids is 1. The third-order valence-electron chi connectivity index (χ3n) is 4.43. The molecule has 2 aromatic rings. The van der Waals surface area contributed by atoms with E-state index >= 15 is 0 Å².